The van der Waals surface area contributed by atoms with Gasteiger partial charge in [-0.1, -0.05) is 5.16 Å². The highest BCUT2D eigenvalue weighted by Gasteiger charge is 2.52. The van der Waals surface area contributed by atoms with E-state index in [9.17, 15) is 24.3 Å². The molecule has 3 amide bonds. The van der Waals surface area contributed by atoms with Crippen LogP contribution in [0.15, 0.2) is 50.6 Å². The second-order valence-electron chi connectivity index (χ2n) is 9.58. The fraction of sp³-hybridized carbons (Fsp3) is 0.400. The van der Waals surface area contributed by atoms with E-state index in [1.807, 2.05) is 0 Å². The standard InChI is InChI=1S/C25H27N7O6S3/c26-18(33)9-31-7-5-14(6-8-31)39-12-17-21(24(36)37)32-16(11-40-17)20(23(32)35)29-22(34)19(15-10-41-25(27)28-15)30-38-13-3-1-2-4-13/h5-8,10,13,16,20H,1-4,9,11-12H2,(H5-,26,27,28,29,33,34,36,37)/b30-19+. The van der Waals surface area contributed by atoms with Gasteiger partial charge < -0.3 is 36.4 Å². The molecular formula is C25H27N7O6S3. The highest BCUT2D eigenvalue weighted by atomic mass is 32.2. The van der Waals surface area contributed by atoms with E-state index in [1.165, 1.54) is 28.4 Å². The van der Waals surface area contributed by atoms with E-state index in [0.717, 1.165) is 41.9 Å². The van der Waals surface area contributed by atoms with Crippen molar-refractivity contribution in [1.29, 1.82) is 0 Å². The number of primary amides is 1. The zero-order valence-corrected chi connectivity index (χ0v) is 24.1. The number of carboxylic acids is 1. The summed E-state index contributed by atoms with van der Waals surface area (Å²) in [6.45, 7) is 0.0513. The molecule has 41 heavy (non-hydrogen) atoms. The number of thiazole rings is 1. The van der Waals surface area contributed by atoms with Crippen LogP contribution in [-0.4, -0.2) is 69.0 Å². The molecule has 1 saturated heterocycles. The van der Waals surface area contributed by atoms with Gasteiger partial charge in [0, 0.05) is 38.8 Å². The van der Waals surface area contributed by atoms with Crippen LogP contribution >= 0.6 is 34.9 Å². The van der Waals surface area contributed by atoms with Crippen molar-refractivity contribution in [1.82, 2.24) is 15.2 Å². The van der Waals surface area contributed by atoms with E-state index in [1.54, 1.807) is 34.5 Å². The maximum Gasteiger partial charge on any atom is 0.283 e. The number of nitrogens with zero attached hydrogens (tertiary/aromatic N) is 4. The molecule has 3 aliphatic rings. The molecule has 2 unspecified atom stereocenters. The number of hydrogen-bond donors (Lipinski definition) is 3. The number of oxime groups is 1. The average molecular weight is 618 g/mol. The molecule has 2 aliphatic heterocycles. The molecular weight excluding hydrogens is 591 g/mol. The van der Waals surface area contributed by atoms with Crippen molar-refractivity contribution in [2.45, 2.75) is 55.3 Å². The smallest absolute Gasteiger partial charge is 0.283 e. The van der Waals surface area contributed by atoms with Crippen LogP contribution in [0, 0.1) is 0 Å². The van der Waals surface area contributed by atoms with Gasteiger partial charge in [-0.05, 0) is 25.7 Å². The fourth-order valence-corrected chi connectivity index (χ4v) is 7.60. The molecule has 2 aromatic heterocycles. The van der Waals surface area contributed by atoms with Crippen molar-refractivity contribution in [3.8, 4) is 0 Å². The predicted octanol–water partition coefficient (Wildman–Crippen LogP) is -0.642. The zero-order valence-electron chi connectivity index (χ0n) is 21.7. The maximum atomic E-state index is 13.3. The molecule has 2 atom stereocenters. The molecule has 5 N–H and O–H groups in total. The Kier molecular flexibility index (Phi) is 8.79. The van der Waals surface area contributed by atoms with Gasteiger partial charge in [-0.3, -0.25) is 14.4 Å². The third kappa shape index (κ3) is 6.49. The number of carboxylic acid groups (broad SMARTS) is 1. The van der Waals surface area contributed by atoms with Crippen molar-refractivity contribution in [3.05, 3.63) is 46.2 Å². The number of pyridine rings is 1. The van der Waals surface area contributed by atoms with Crippen LogP contribution in [-0.2, 0) is 30.6 Å². The van der Waals surface area contributed by atoms with Gasteiger partial charge in [-0.25, -0.2) is 4.98 Å². The monoisotopic (exact) mass is 617 g/mol. The molecule has 1 saturated carbocycles. The lowest BCUT2D eigenvalue weighted by atomic mass is 9.94. The minimum absolute atomic E-state index is 0.0513. The molecule has 0 radical (unpaired) electrons. The van der Waals surface area contributed by atoms with Gasteiger partial charge >= 0.3 is 0 Å². The number of aromatic nitrogens is 2. The van der Waals surface area contributed by atoms with Gasteiger partial charge in [0.1, 0.15) is 17.8 Å². The summed E-state index contributed by atoms with van der Waals surface area (Å²) in [5.74, 6) is -2.46. The number of hydrogen-bond acceptors (Lipinski definition) is 12. The van der Waals surface area contributed by atoms with Gasteiger partial charge in [0.2, 0.25) is 6.54 Å². The Morgan fingerprint density at radius 3 is 2.63 bits per heavy atom. The number of rotatable bonds is 11. The summed E-state index contributed by atoms with van der Waals surface area (Å²) in [4.78, 5) is 61.9. The van der Waals surface area contributed by atoms with Crippen LogP contribution in [0.1, 0.15) is 31.4 Å². The number of anilines is 1. The highest BCUT2D eigenvalue weighted by molar-refractivity contribution is 8.06. The quantitative estimate of drug-likeness (QED) is 0.0959. The van der Waals surface area contributed by atoms with Gasteiger partial charge in [0.15, 0.2) is 23.2 Å². The van der Waals surface area contributed by atoms with Crippen LogP contribution in [0.4, 0.5) is 5.13 Å². The summed E-state index contributed by atoms with van der Waals surface area (Å²) in [6, 6.07) is 2.06. The summed E-state index contributed by atoms with van der Waals surface area (Å²) in [7, 11) is 0. The Labute approximate surface area is 247 Å². The van der Waals surface area contributed by atoms with Crippen molar-refractivity contribution < 1.29 is 33.7 Å². The van der Waals surface area contributed by atoms with Crippen molar-refractivity contribution in [3.63, 3.8) is 0 Å². The van der Waals surface area contributed by atoms with Crippen LogP contribution in [0.3, 0.4) is 0 Å². The van der Waals surface area contributed by atoms with E-state index < -0.39 is 35.8 Å². The SMILES string of the molecule is NC(=O)C[n+]1ccc(SCC2=C(C(=O)[O-])N3C(=O)C(NC(=O)/C(=N/OC4CCCC4)c4csc(N)n4)C3CS2)cc1. The molecule has 0 spiro atoms. The number of nitrogens with two attached hydrogens (primary N) is 2. The summed E-state index contributed by atoms with van der Waals surface area (Å²) < 4.78 is 1.63. The largest absolute Gasteiger partial charge is 0.543 e. The first-order valence-electron chi connectivity index (χ1n) is 12.8. The van der Waals surface area contributed by atoms with Crippen LogP contribution in [0.2, 0.25) is 0 Å². The Morgan fingerprint density at radius 2 is 2.00 bits per heavy atom. The third-order valence-electron chi connectivity index (χ3n) is 6.78. The van der Waals surface area contributed by atoms with E-state index in [-0.39, 0.29) is 34.9 Å². The van der Waals surface area contributed by atoms with Gasteiger partial charge in [0.05, 0.1) is 17.7 Å². The van der Waals surface area contributed by atoms with Crippen LogP contribution in [0.5, 0.6) is 0 Å². The fourth-order valence-electron chi connectivity index (χ4n) is 4.77. The molecule has 2 fully saturated rings. The first-order chi connectivity index (χ1) is 19.7. The molecule has 2 aromatic rings. The minimum Gasteiger partial charge on any atom is -0.543 e. The first-order valence-corrected chi connectivity index (χ1v) is 15.6. The summed E-state index contributed by atoms with van der Waals surface area (Å²) in [5, 5.41) is 20.7. The molecule has 1 aliphatic carbocycles. The number of fused-ring (bicyclic) bond motifs is 1. The predicted molar refractivity (Wildman–Crippen MR) is 150 cm³/mol. The highest BCUT2D eigenvalue weighted by Crippen LogP contribution is 2.40. The summed E-state index contributed by atoms with van der Waals surface area (Å²) in [5.41, 5.74) is 10.9. The number of amides is 3. The Bertz CT molecular complexity index is 1420. The zero-order chi connectivity index (χ0) is 29.1. The normalized spacial score (nSPS) is 20.9. The number of β-lactam (4-membered cyclic amide) rings is 1. The summed E-state index contributed by atoms with van der Waals surface area (Å²) >= 11 is 3.83. The van der Waals surface area contributed by atoms with E-state index in [4.69, 9.17) is 16.3 Å². The second-order valence-corrected chi connectivity index (χ2v) is 12.6. The van der Waals surface area contributed by atoms with Crippen molar-refractivity contribution >= 4 is 69.4 Å². The molecule has 0 aromatic carbocycles. The molecule has 16 heteroatoms. The second kappa shape index (κ2) is 12.5. The first kappa shape index (κ1) is 28.9. The molecule has 4 heterocycles. The maximum absolute atomic E-state index is 13.3. The average Bonchev–Trinajstić information content (AvgIpc) is 3.62. The number of aliphatic carboxylic acids is 1. The molecule has 5 rings (SSSR count). The van der Waals surface area contributed by atoms with Gasteiger partial charge in [-0.15, -0.1) is 34.9 Å². The lowest BCUT2D eigenvalue weighted by Gasteiger charge is -2.51. The Balaban J connectivity index is 1.27. The number of carbonyl (C=O) groups excluding carboxylic acids is 4. The molecule has 13 nitrogen and oxygen atoms in total. The third-order valence-corrected chi connectivity index (χ3v) is 9.87. The lowest BCUT2D eigenvalue weighted by Crippen LogP contribution is -2.73. The van der Waals surface area contributed by atoms with Crippen molar-refractivity contribution in [2.24, 2.45) is 10.9 Å². The Hall–Kier alpha value is -3.63. The van der Waals surface area contributed by atoms with Crippen LogP contribution in [0.25, 0.3) is 0 Å². The number of nitrogens with one attached hydrogen (secondary N) is 1. The number of nitrogen functional groups attached to an aromatic ring is 1. The lowest BCUT2D eigenvalue weighted by molar-refractivity contribution is -0.684. The minimum atomic E-state index is -1.46. The van der Waals surface area contributed by atoms with E-state index in [2.05, 4.69) is 15.5 Å². The summed E-state index contributed by atoms with van der Waals surface area (Å²) in [6.07, 6.45) is 7.03. The van der Waals surface area contributed by atoms with Gasteiger partial charge in [-0.2, -0.15) is 4.57 Å². The van der Waals surface area contributed by atoms with Crippen molar-refractivity contribution in [2.75, 3.05) is 17.2 Å². The number of carbonyl (C=O) groups is 4. The molecule has 216 valence electrons. The van der Waals surface area contributed by atoms with E-state index >= 15 is 0 Å². The van der Waals surface area contributed by atoms with E-state index in [0.29, 0.717) is 16.4 Å². The van der Waals surface area contributed by atoms with Gasteiger partial charge in [0.25, 0.3) is 17.7 Å². The number of thioether (sulfide) groups is 2. The molecule has 0 bridgehead atoms. The topological polar surface area (TPSA) is 197 Å². The Morgan fingerprint density at radius 1 is 1.27 bits per heavy atom. The van der Waals surface area contributed by atoms with Crippen LogP contribution < -0.4 is 26.5 Å².